The van der Waals surface area contributed by atoms with Crippen LogP contribution < -0.4 is 4.74 Å². The van der Waals surface area contributed by atoms with Gasteiger partial charge in [0.1, 0.15) is 5.75 Å². The molecule has 0 bridgehead atoms. The second-order valence-corrected chi connectivity index (χ2v) is 6.25. The number of piperidine rings is 1. The highest BCUT2D eigenvalue weighted by atomic mass is 16.5. The van der Waals surface area contributed by atoms with Crippen molar-refractivity contribution in [3.63, 3.8) is 0 Å². The minimum atomic E-state index is 0.151. The van der Waals surface area contributed by atoms with Crippen LogP contribution in [0.1, 0.15) is 32.3 Å². The third-order valence-corrected chi connectivity index (χ3v) is 4.73. The normalized spacial score (nSPS) is 18.7. The molecule has 1 unspecified atom stereocenters. The molecule has 0 aliphatic carbocycles. The first kappa shape index (κ1) is 18.5. The van der Waals surface area contributed by atoms with Crippen LogP contribution in [0.5, 0.6) is 5.75 Å². The molecule has 1 amide bonds. The maximum absolute atomic E-state index is 12.5. The number of carbonyl (C=O) groups excluding carboxylic acids is 1. The van der Waals surface area contributed by atoms with E-state index in [4.69, 9.17) is 4.74 Å². The number of para-hydroxylation sites is 1. The van der Waals surface area contributed by atoms with E-state index >= 15 is 0 Å². The first-order valence-corrected chi connectivity index (χ1v) is 9.00. The van der Waals surface area contributed by atoms with E-state index in [2.05, 4.69) is 37.0 Å². The zero-order valence-corrected chi connectivity index (χ0v) is 15.2. The molecule has 0 radical (unpaired) electrons. The van der Waals surface area contributed by atoms with Gasteiger partial charge in [-0.05, 0) is 39.3 Å². The highest BCUT2D eigenvalue weighted by Crippen LogP contribution is 2.21. The van der Waals surface area contributed by atoms with Crippen LogP contribution in [0.25, 0.3) is 6.08 Å². The summed E-state index contributed by atoms with van der Waals surface area (Å²) in [6.07, 6.45) is 6.39. The fraction of sp³-hybridized carbons (Fsp3) is 0.550. The van der Waals surface area contributed by atoms with Crippen LogP contribution in [-0.4, -0.2) is 55.5 Å². The Hall–Kier alpha value is -1.81. The van der Waals surface area contributed by atoms with E-state index in [-0.39, 0.29) is 5.92 Å². The van der Waals surface area contributed by atoms with Crippen molar-refractivity contribution in [1.82, 2.24) is 9.80 Å². The summed E-state index contributed by atoms with van der Waals surface area (Å²) < 4.78 is 5.37. The van der Waals surface area contributed by atoms with E-state index in [1.807, 2.05) is 23.1 Å². The predicted molar refractivity (Wildman–Crippen MR) is 99.1 cm³/mol. The summed E-state index contributed by atoms with van der Waals surface area (Å²) in [5.41, 5.74) is 1.09. The number of amides is 1. The van der Waals surface area contributed by atoms with Crippen LogP contribution in [0, 0.1) is 5.92 Å². The van der Waals surface area contributed by atoms with Crippen LogP contribution in [0.3, 0.4) is 0 Å². The van der Waals surface area contributed by atoms with Gasteiger partial charge in [-0.3, -0.25) is 9.69 Å². The molecule has 24 heavy (non-hydrogen) atoms. The van der Waals surface area contributed by atoms with Gasteiger partial charge in [0.2, 0.25) is 5.91 Å². The van der Waals surface area contributed by atoms with Gasteiger partial charge in [0.25, 0.3) is 0 Å². The van der Waals surface area contributed by atoms with E-state index in [9.17, 15) is 4.79 Å². The Kier molecular flexibility index (Phi) is 7.32. The molecule has 1 aromatic carbocycles. The minimum Gasteiger partial charge on any atom is -0.496 e. The van der Waals surface area contributed by atoms with Crippen molar-refractivity contribution in [2.45, 2.75) is 26.7 Å². The molecule has 0 N–H and O–H groups in total. The summed E-state index contributed by atoms with van der Waals surface area (Å²) in [7, 11) is 1.70. The van der Waals surface area contributed by atoms with Gasteiger partial charge in [-0.2, -0.15) is 0 Å². The maximum Gasteiger partial charge on any atom is 0.226 e. The van der Waals surface area contributed by atoms with Crippen LogP contribution >= 0.6 is 0 Å². The van der Waals surface area contributed by atoms with Gasteiger partial charge in [0, 0.05) is 31.7 Å². The van der Waals surface area contributed by atoms with Gasteiger partial charge in [-0.25, -0.2) is 0 Å². The van der Waals surface area contributed by atoms with Crippen molar-refractivity contribution < 1.29 is 9.53 Å². The molecule has 1 aromatic rings. The molecule has 1 saturated heterocycles. The fourth-order valence-corrected chi connectivity index (χ4v) is 3.35. The van der Waals surface area contributed by atoms with Gasteiger partial charge < -0.3 is 9.64 Å². The van der Waals surface area contributed by atoms with Gasteiger partial charge in [0.15, 0.2) is 0 Å². The molecule has 0 spiro atoms. The number of rotatable bonds is 7. The monoisotopic (exact) mass is 330 g/mol. The Morgan fingerprint density at radius 2 is 2.08 bits per heavy atom. The van der Waals surface area contributed by atoms with Crippen molar-refractivity contribution in [3.05, 3.63) is 35.9 Å². The fourth-order valence-electron chi connectivity index (χ4n) is 3.35. The van der Waals surface area contributed by atoms with Crippen molar-refractivity contribution in [2.24, 2.45) is 5.92 Å². The van der Waals surface area contributed by atoms with Crippen molar-refractivity contribution in [1.29, 1.82) is 0 Å². The molecule has 1 atom stereocenters. The number of nitrogens with zero attached hydrogens (tertiary/aromatic N) is 2. The van der Waals surface area contributed by atoms with E-state index in [1.165, 1.54) is 0 Å². The highest BCUT2D eigenvalue weighted by Gasteiger charge is 2.27. The third kappa shape index (κ3) is 4.84. The molecule has 4 heteroatoms. The lowest BCUT2D eigenvalue weighted by Gasteiger charge is -2.33. The first-order valence-electron chi connectivity index (χ1n) is 9.00. The lowest BCUT2D eigenvalue weighted by molar-refractivity contribution is -0.136. The first-order chi connectivity index (χ1) is 11.7. The van der Waals surface area contributed by atoms with E-state index in [0.29, 0.717) is 5.91 Å². The second-order valence-electron chi connectivity index (χ2n) is 6.25. The Labute approximate surface area is 146 Å². The van der Waals surface area contributed by atoms with Gasteiger partial charge in [-0.1, -0.05) is 30.4 Å². The number of hydrogen-bond acceptors (Lipinski definition) is 3. The summed E-state index contributed by atoms with van der Waals surface area (Å²) >= 11 is 0. The van der Waals surface area contributed by atoms with Crippen molar-refractivity contribution in [3.8, 4) is 5.75 Å². The Balaban J connectivity index is 1.91. The Bertz CT molecular complexity index is 552. The molecule has 2 rings (SSSR count). The van der Waals surface area contributed by atoms with Crippen LogP contribution in [0.4, 0.5) is 0 Å². The molecule has 0 aromatic heterocycles. The van der Waals surface area contributed by atoms with E-state index in [1.54, 1.807) is 7.11 Å². The van der Waals surface area contributed by atoms with Crippen molar-refractivity contribution in [2.75, 3.05) is 39.8 Å². The molecule has 1 aliphatic heterocycles. The predicted octanol–water partition coefficient (Wildman–Crippen LogP) is 3.29. The summed E-state index contributed by atoms with van der Waals surface area (Å²) in [5, 5.41) is 0. The topological polar surface area (TPSA) is 32.8 Å². The lowest BCUT2D eigenvalue weighted by Crippen LogP contribution is -2.44. The van der Waals surface area contributed by atoms with Crippen LogP contribution in [0.2, 0.25) is 0 Å². The Morgan fingerprint density at radius 3 is 2.79 bits per heavy atom. The summed E-state index contributed by atoms with van der Waals surface area (Å²) in [5.74, 6) is 1.36. The van der Waals surface area contributed by atoms with E-state index < -0.39 is 0 Å². The zero-order chi connectivity index (χ0) is 17.4. The Morgan fingerprint density at radius 1 is 1.33 bits per heavy atom. The van der Waals surface area contributed by atoms with Gasteiger partial charge in [0.05, 0.1) is 13.0 Å². The molecule has 1 fully saturated rings. The standard InChI is InChI=1S/C20H30N2O2/c1-4-22(5-2)20(23)18-12-9-15-21(16-18)14-8-11-17-10-6-7-13-19(17)24-3/h6-8,10-11,13,18H,4-5,9,12,14-16H2,1-3H3. The lowest BCUT2D eigenvalue weighted by atomic mass is 9.96. The third-order valence-electron chi connectivity index (χ3n) is 4.73. The summed E-state index contributed by atoms with van der Waals surface area (Å²) in [6, 6.07) is 8.02. The minimum absolute atomic E-state index is 0.151. The number of carbonyl (C=O) groups is 1. The molecule has 132 valence electrons. The molecular formula is C20H30N2O2. The highest BCUT2D eigenvalue weighted by molar-refractivity contribution is 5.79. The van der Waals surface area contributed by atoms with Gasteiger partial charge >= 0.3 is 0 Å². The zero-order valence-electron chi connectivity index (χ0n) is 15.2. The van der Waals surface area contributed by atoms with Crippen LogP contribution in [0.15, 0.2) is 30.3 Å². The number of hydrogen-bond donors (Lipinski definition) is 0. The quantitative estimate of drug-likeness (QED) is 0.769. The number of methoxy groups -OCH3 is 1. The summed E-state index contributed by atoms with van der Waals surface area (Å²) in [4.78, 5) is 16.9. The average molecular weight is 330 g/mol. The number of benzene rings is 1. The van der Waals surface area contributed by atoms with Crippen molar-refractivity contribution >= 4 is 12.0 Å². The number of ether oxygens (including phenoxy) is 1. The second kappa shape index (κ2) is 9.48. The summed E-state index contributed by atoms with van der Waals surface area (Å²) in [6.45, 7) is 8.53. The number of likely N-dealkylation sites (tertiary alicyclic amines) is 1. The molecule has 1 aliphatic rings. The average Bonchev–Trinajstić information content (AvgIpc) is 2.63. The molecule has 4 nitrogen and oxygen atoms in total. The van der Waals surface area contributed by atoms with E-state index in [0.717, 1.165) is 56.9 Å². The molecule has 1 heterocycles. The maximum atomic E-state index is 12.5. The largest absolute Gasteiger partial charge is 0.496 e. The van der Waals surface area contributed by atoms with Gasteiger partial charge in [-0.15, -0.1) is 0 Å². The smallest absolute Gasteiger partial charge is 0.226 e. The van der Waals surface area contributed by atoms with Crippen LogP contribution in [-0.2, 0) is 4.79 Å². The molecule has 0 saturated carbocycles. The SMILES string of the molecule is CCN(CC)C(=O)C1CCCN(CC=Cc2ccccc2OC)C1. The molecular weight excluding hydrogens is 300 g/mol.